The molecule has 6 heteroatoms. The minimum atomic E-state index is -0.945. The Balaban J connectivity index is 1.52. The van der Waals surface area contributed by atoms with E-state index in [9.17, 15) is 14.7 Å². The lowest BCUT2D eigenvalue weighted by molar-refractivity contribution is 0.0697. The number of carbonyl (C=O) groups is 2. The summed E-state index contributed by atoms with van der Waals surface area (Å²) in [4.78, 5) is 29.0. The summed E-state index contributed by atoms with van der Waals surface area (Å²) < 4.78 is 1.82. The van der Waals surface area contributed by atoms with E-state index in [1.54, 1.807) is 12.1 Å². The first-order valence-electron chi connectivity index (χ1n) is 12.0. The van der Waals surface area contributed by atoms with Gasteiger partial charge in [-0.3, -0.25) is 4.79 Å². The lowest BCUT2D eigenvalue weighted by Crippen LogP contribution is -2.13. The Morgan fingerprint density at radius 1 is 1.06 bits per heavy atom. The SMILES string of the molecule is C=CCCc1nc(C(=O)CC2CCCCC2)nn1Cc1ccc(-c2ccccc2C(=O)O)cc1. The van der Waals surface area contributed by atoms with Crippen LogP contribution in [-0.2, 0) is 13.0 Å². The van der Waals surface area contributed by atoms with Crippen molar-refractivity contribution in [1.82, 2.24) is 14.8 Å². The molecule has 3 aromatic rings. The fourth-order valence-corrected chi connectivity index (χ4v) is 4.66. The second-order valence-corrected chi connectivity index (χ2v) is 9.02. The van der Waals surface area contributed by atoms with Gasteiger partial charge in [-0.25, -0.2) is 14.5 Å². The highest BCUT2D eigenvalue weighted by atomic mass is 16.4. The molecular weight excluding hydrogens is 426 g/mol. The number of Topliss-reactive ketones (excluding diaryl/α,β-unsaturated/α-hetero) is 1. The summed E-state index contributed by atoms with van der Waals surface area (Å²) in [6.07, 6.45) is 9.73. The van der Waals surface area contributed by atoms with Gasteiger partial charge in [0.15, 0.2) is 0 Å². The molecule has 6 nitrogen and oxygen atoms in total. The molecule has 0 saturated heterocycles. The van der Waals surface area contributed by atoms with Crippen molar-refractivity contribution in [2.45, 2.75) is 57.9 Å². The van der Waals surface area contributed by atoms with Crippen molar-refractivity contribution in [2.75, 3.05) is 0 Å². The Labute approximate surface area is 200 Å². The number of aryl methyl sites for hydroxylation is 1. The van der Waals surface area contributed by atoms with Crippen LogP contribution in [0.1, 0.15) is 77.3 Å². The third-order valence-corrected chi connectivity index (χ3v) is 6.52. The van der Waals surface area contributed by atoms with Gasteiger partial charge in [-0.2, -0.15) is 0 Å². The molecule has 0 spiro atoms. The highest BCUT2D eigenvalue weighted by Gasteiger charge is 2.22. The second kappa shape index (κ2) is 11.1. The summed E-state index contributed by atoms with van der Waals surface area (Å²) in [5.41, 5.74) is 2.81. The highest BCUT2D eigenvalue weighted by Crippen LogP contribution is 2.27. The summed E-state index contributed by atoms with van der Waals surface area (Å²) >= 11 is 0. The fraction of sp³-hybridized carbons (Fsp3) is 0.357. The van der Waals surface area contributed by atoms with Crippen LogP contribution in [0, 0.1) is 5.92 Å². The van der Waals surface area contributed by atoms with E-state index in [2.05, 4.69) is 16.7 Å². The molecule has 0 radical (unpaired) electrons. The number of benzene rings is 2. The van der Waals surface area contributed by atoms with E-state index in [0.717, 1.165) is 36.2 Å². The van der Waals surface area contributed by atoms with Crippen LogP contribution in [0.4, 0.5) is 0 Å². The van der Waals surface area contributed by atoms with Crippen molar-refractivity contribution in [3.63, 3.8) is 0 Å². The molecule has 1 aromatic heterocycles. The third kappa shape index (κ3) is 5.68. The number of carboxylic acid groups (broad SMARTS) is 1. The average molecular weight is 458 g/mol. The maximum absolute atomic E-state index is 12.9. The standard InChI is InChI=1S/C28H31N3O3/c1-2-3-13-26-29-27(25(32)18-20-9-5-4-6-10-20)30-31(26)19-21-14-16-22(17-15-21)23-11-7-8-12-24(23)28(33)34/h2,7-8,11-12,14-17,20H,1,3-6,9-10,13,18-19H2,(H,33,34). The van der Waals surface area contributed by atoms with Gasteiger partial charge in [0.1, 0.15) is 5.82 Å². The molecule has 176 valence electrons. The number of rotatable bonds is 10. The van der Waals surface area contributed by atoms with Gasteiger partial charge >= 0.3 is 5.97 Å². The van der Waals surface area contributed by atoms with Crippen LogP contribution in [0.25, 0.3) is 11.1 Å². The zero-order valence-corrected chi connectivity index (χ0v) is 19.4. The van der Waals surface area contributed by atoms with E-state index in [-0.39, 0.29) is 11.3 Å². The number of nitrogens with zero attached hydrogens (tertiary/aromatic N) is 3. The number of aromatic carboxylic acids is 1. The molecule has 1 fully saturated rings. The molecule has 2 aromatic carbocycles. The zero-order chi connectivity index (χ0) is 23.9. The number of ketones is 1. The molecule has 4 rings (SSSR count). The van der Waals surface area contributed by atoms with Gasteiger partial charge in [0, 0.05) is 12.8 Å². The average Bonchev–Trinajstić information content (AvgIpc) is 3.26. The maximum atomic E-state index is 12.9. The number of aromatic nitrogens is 3. The maximum Gasteiger partial charge on any atom is 0.336 e. The van der Waals surface area contributed by atoms with Crippen molar-refractivity contribution in [3.05, 3.63) is 84.0 Å². The van der Waals surface area contributed by atoms with Gasteiger partial charge in [0.25, 0.3) is 0 Å². The quantitative estimate of drug-likeness (QED) is 0.300. The third-order valence-electron chi connectivity index (χ3n) is 6.52. The lowest BCUT2D eigenvalue weighted by atomic mass is 9.86. The Morgan fingerprint density at radius 3 is 2.50 bits per heavy atom. The Hall–Kier alpha value is -3.54. The first kappa shape index (κ1) is 23.6. The van der Waals surface area contributed by atoms with Crippen LogP contribution >= 0.6 is 0 Å². The van der Waals surface area contributed by atoms with Crippen LogP contribution in [0.15, 0.2) is 61.2 Å². The van der Waals surface area contributed by atoms with Gasteiger partial charge in [-0.05, 0) is 35.1 Å². The molecule has 0 aliphatic heterocycles. The van der Waals surface area contributed by atoms with Crippen molar-refractivity contribution >= 4 is 11.8 Å². The minimum absolute atomic E-state index is 0.0335. The normalized spacial score (nSPS) is 14.1. The molecule has 0 atom stereocenters. The van der Waals surface area contributed by atoms with Gasteiger partial charge in [0.2, 0.25) is 11.6 Å². The lowest BCUT2D eigenvalue weighted by Gasteiger charge is -2.19. The predicted octanol–water partition coefficient (Wildman–Crippen LogP) is 5.96. The smallest absolute Gasteiger partial charge is 0.336 e. The van der Waals surface area contributed by atoms with E-state index in [4.69, 9.17) is 0 Å². The number of carboxylic acids is 1. The summed E-state index contributed by atoms with van der Waals surface area (Å²) in [5.74, 6) is 0.639. The monoisotopic (exact) mass is 457 g/mol. The molecule has 0 amide bonds. The molecule has 0 unspecified atom stereocenters. The van der Waals surface area contributed by atoms with Gasteiger partial charge in [0.05, 0.1) is 12.1 Å². The molecular formula is C28H31N3O3. The molecule has 1 heterocycles. The zero-order valence-electron chi connectivity index (χ0n) is 19.4. The number of carbonyl (C=O) groups excluding carboxylic acids is 1. The first-order valence-corrected chi connectivity index (χ1v) is 12.0. The number of allylic oxidation sites excluding steroid dienone is 1. The summed E-state index contributed by atoms with van der Waals surface area (Å²) in [6.45, 7) is 4.30. The van der Waals surface area contributed by atoms with E-state index in [1.165, 1.54) is 19.3 Å². The summed E-state index contributed by atoms with van der Waals surface area (Å²) in [5, 5.41) is 14.1. The molecule has 1 saturated carbocycles. The molecule has 0 bridgehead atoms. The van der Waals surface area contributed by atoms with Crippen LogP contribution in [0.2, 0.25) is 0 Å². The van der Waals surface area contributed by atoms with Crippen LogP contribution in [-0.4, -0.2) is 31.6 Å². The Kier molecular flexibility index (Phi) is 7.68. The van der Waals surface area contributed by atoms with E-state index >= 15 is 0 Å². The largest absolute Gasteiger partial charge is 0.478 e. The second-order valence-electron chi connectivity index (χ2n) is 9.02. The van der Waals surface area contributed by atoms with Crippen molar-refractivity contribution < 1.29 is 14.7 Å². The van der Waals surface area contributed by atoms with Crippen LogP contribution in [0.5, 0.6) is 0 Å². The molecule has 1 N–H and O–H groups in total. The van der Waals surface area contributed by atoms with E-state index in [0.29, 0.717) is 36.7 Å². The van der Waals surface area contributed by atoms with Crippen molar-refractivity contribution in [1.29, 1.82) is 0 Å². The van der Waals surface area contributed by atoms with Crippen LogP contribution < -0.4 is 0 Å². The van der Waals surface area contributed by atoms with Gasteiger partial charge in [-0.15, -0.1) is 11.7 Å². The fourth-order valence-electron chi connectivity index (χ4n) is 4.66. The molecule has 1 aliphatic rings. The molecule has 1 aliphatic carbocycles. The Bertz CT molecular complexity index is 1160. The van der Waals surface area contributed by atoms with E-state index < -0.39 is 5.97 Å². The topological polar surface area (TPSA) is 85.1 Å². The molecule has 34 heavy (non-hydrogen) atoms. The first-order chi connectivity index (χ1) is 16.5. The Morgan fingerprint density at radius 2 is 1.79 bits per heavy atom. The van der Waals surface area contributed by atoms with Crippen molar-refractivity contribution in [2.24, 2.45) is 5.92 Å². The number of hydrogen-bond acceptors (Lipinski definition) is 4. The van der Waals surface area contributed by atoms with Crippen molar-refractivity contribution in [3.8, 4) is 11.1 Å². The van der Waals surface area contributed by atoms with E-state index in [1.807, 2.05) is 47.2 Å². The predicted molar refractivity (Wildman–Crippen MR) is 132 cm³/mol. The summed E-state index contributed by atoms with van der Waals surface area (Å²) in [7, 11) is 0. The van der Waals surface area contributed by atoms with Gasteiger partial charge < -0.3 is 5.11 Å². The minimum Gasteiger partial charge on any atom is -0.478 e. The highest BCUT2D eigenvalue weighted by molar-refractivity contribution is 5.96. The van der Waals surface area contributed by atoms with Gasteiger partial charge in [-0.1, -0.05) is 80.6 Å². The number of hydrogen-bond donors (Lipinski definition) is 1. The summed E-state index contributed by atoms with van der Waals surface area (Å²) in [6, 6.07) is 14.8. The van der Waals surface area contributed by atoms with Crippen LogP contribution in [0.3, 0.4) is 0 Å².